The number of halogens is 2. The van der Waals surface area contributed by atoms with Crippen LogP contribution < -0.4 is 15.4 Å². The summed E-state index contributed by atoms with van der Waals surface area (Å²) in [7, 11) is 1.58. The molecule has 0 spiro atoms. The summed E-state index contributed by atoms with van der Waals surface area (Å²) < 4.78 is 34.1. The molecule has 0 atom stereocenters. The molecule has 0 saturated heterocycles. The van der Waals surface area contributed by atoms with E-state index in [-0.39, 0.29) is 12.5 Å². The molecule has 0 radical (unpaired) electrons. The summed E-state index contributed by atoms with van der Waals surface area (Å²) in [6, 6.07) is 4.93. The number of methoxy groups -OCH3 is 1. The molecular weight excluding hydrogens is 282 g/mol. The highest BCUT2D eigenvalue weighted by atomic mass is 19.3. The molecule has 7 heteroatoms. The van der Waals surface area contributed by atoms with Crippen LogP contribution in [0.1, 0.15) is 5.56 Å². The zero-order chi connectivity index (χ0) is 15.7. The van der Waals surface area contributed by atoms with Crippen molar-refractivity contribution in [2.24, 2.45) is 0 Å². The molecule has 118 valence electrons. The van der Waals surface area contributed by atoms with Gasteiger partial charge in [-0.3, -0.25) is 4.79 Å². The first-order valence-corrected chi connectivity index (χ1v) is 6.54. The van der Waals surface area contributed by atoms with Crippen LogP contribution in [-0.2, 0) is 9.53 Å². The van der Waals surface area contributed by atoms with E-state index >= 15 is 0 Å². The van der Waals surface area contributed by atoms with Crippen LogP contribution >= 0.6 is 0 Å². The molecule has 0 aliphatic rings. The van der Waals surface area contributed by atoms with Crippen molar-refractivity contribution in [3.63, 3.8) is 0 Å². The van der Waals surface area contributed by atoms with Crippen LogP contribution in [0.4, 0.5) is 14.5 Å². The molecular formula is C14H20F2N2O3. The van der Waals surface area contributed by atoms with Gasteiger partial charge in [-0.2, -0.15) is 0 Å². The summed E-state index contributed by atoms with van der Waals surface area (Å²) in [5, 5.41) is 5.57. The summed E-state index contributed by atoms with van der Waals surface area (Å²) in [4.78, 5) is 11.7. The maximum atomic E-state index is 12.2. The predicted molar refractivity (Wildman–Crippen MR) is 76.1 cm³/mol. The third-order valence-corrected chi connectivity index (χ3v) is 2.61. The van der Waals surface area contributed by atoms with E-state index in [2.05, 4.69) is 10.6 Å². The van der Waals surface area contributed by atoms with E-state index in [1.807, 2.05) is 0 Å². The fourth-order valence-corrected chi connectivity index (χ4v) is 1.57. The SMILES string of the molecule is COCCNCC(=O)Nc1ccc(C)c(OCC(F)F)c1. The number of benzene rings is 1. The number of hydrogen-bond acceptors (Lipinski definition) is 4. The van der Waals surface area contributed by atoms with Crippen molar-refractivity contribution in [3.8, 4) is 5.75 Å². The lowest BCUT2D eigenvalue weighted by Gasteiger charge is -2.12. The van der Waals surface area contributed by atoms with Gasteiger partial charge in [0, 0.05) is 25.4 Å². The van der Waals surface area contributed by atoms with Crippen molar-refractivity contribution < 1.29 is 23.0 Å². The average molecular weight is 302 g/mol. The van der Waals surface area contributed by atoms with Crippen LogP contribution in [0, 0.1) is 6.92 Å². The van der Waals surface area contributed by atoms with Gasteiger partial charge in [0.05, 0.1) is 13.2 Å². The molecule has 21 heavy (non-hydrogen) atoms. The zero-order valence-electron chi connectivity index (χ0n) is 12.1. The Hall–Kier alpha value is -1.73. The number of rotatable bonds is 9. The Morgan fingerprint density at radius 2 is 2.14 bits per heavy atom. The van der Waals surface area contributed by atoms with Gasteiger partial charge < -0.3 is 20.1 Å². The first-order chi connectivity index (χ1) is 10.0. The average Bonchev–Trinajstić information content (AvgIpc) is 2.44. The molecule has 2 N–H and O–H groups in total. The van der Waals surface area contributed by atoms with Crippen molar-refractivity contribution in [1.29, 1.82) is 0 Å². The third-order valence-electron chi connectivity index (χ3n) is 2.61. The first kappa shape index (κ1) is 17.3. The van der Waals surface area contributed by atoms with Crippen molar-refractivity contribution >= 4 is 11.6 Å². The number of anilines is 1. The molecule has 0 saturated carbocycles. The van der Waals surface area contributed by atoms with Gasteiger partial charge in [-0.1, -0.05) is 6.07 Å². The van der Waals surface area contributed by atoms with E-state index in [1.165, 1.54) is 6.07 Å². The second kappa shape index (κ2) is 9.25. The van der Waals surface area contributed by atoms with E-state index in [1.54, 1.807) is 26.2 Å². The second-order valence-corrected chi connectivity index (χ2v) is 4.40. The first-order valence-electron chi connectivity index (χ1n) is 6.54. The summed E-state index contributed by atoms with van der Waals surface area (Å²) in [6.07, 6.45) is -2.53. The molecule has 1 aromatic rings. The Bertz CT molecular complexity index is 456. The van der Waals surface area contributed by atoms with Crippen LogP contribution in [0.3, 0.4) is 0 Å². The van der Waals surface area contributed by atoms with Crippen LogP contribution in [0.5, 0.6) is 5.75 Å². The van der Waals surface area contributed by atoms with Crippen LogP contribution in [0.15, 0.2) is 18.2 Å². The van der Waals surface area contributed by atoms with E-state index in [4.69, 9.17) is 9.47 Å². The minimum atomic E-state index is -2.53. The molecule has 0 aromatic heterocycles. The summed E-state index contributed by atoms with van der Waals surface area (Å²) in [5.41, 5.74) is 1.23. The number of alkyl halides is 2. The Balaban J connectivity index is 2.51. The summed E-state index contributed by atoms with van der Waals surface area (Å²) in [5.74, 6) is 0.107. The quantitative estimate of drug-likeness (QED) is 0.683. The van der Waals surface area contributed by atoms with Gasteiger partial charge in [-0.25, -0.2) is 8.78 Å². The number of hydrogen-bond donors (Lipinski definition) is 2. The van der Waals surface area contributed by atoms with E-state index in [9.17, 15) is 13.6 Å². The predicted octanol–water partition coefficient (Wildman–Crippen LogP) is 1.81. The van der Waals surface area contributed by atoms with Gasteiger partial charge in [0.1, 0.15) is 12.4 Å². The number of carbonyl (C=O) groups is 1. The monoisotopic (exact) mass is 302 g/mol. The third kappa shape index (κ3) is 7.01. The van der Waals surface area contributed by atoms with Crippen molar-refractivity contribution in [1.82, 2.24) is 5.32 Å². The lowest BCUT2D eigenvalue weighted by molar-refractivity contribution is -0.115. The van der Waals surface area contributed by atoms with Gasteiger partial charge in [-0.15, -0.1) is 0 Å². The summed E-state index contributed by atoms with van der Waals surface area (Å²) in [6.45, 7) is 2.31. The van der Waals surface area contributed by atoms with Crippen LogP contribution in [0.2, 0.25) is 0 Å². The minimum Gasteiger partial charge on any atom is -0.487 e. The number of nitrogens with one attached hydrogen (secondary N) is 2. The largest absolute Gasteiger partial charge is 0.487 e. The maximum absolute atomic E-state index is 12.2. The number of amides is 1. The van der Waals surface area contributed by atoms with Crippen molar-refractivity contribution in [3.05, 3.63) is 23.8 Å². The highest BCUT2D eigenvalue weighted by Crippen LogP contribution is 2.23. The highest BCUT2D eigenvalue weighted by Gasteiger charge is 2.08. The van der Waals surface area contributed by atoms with E-state index in [0.717, 1.165) is 5.56 Å². The van der Waals surface area contributed by atoms with Crippen LogP contribution in [0.25, 0.3) is 0 Å². The Kier molecular flexibility index (Phi) is 7.63. The molecule has 1 rings (SSSR count). The minimum absolute atomic E-state index is 0.143. The van der Waals surface area contributed by atoms with E-state index in [0.29, 0.717) is 24.6 Å². The lowest BCUT2D eigenvalue weighted by Crippen LogP contribution is -2.30. The van der Waals surface area contributed by atoms with E-state index < -0.39 is 13.0 Å². The molecule has 1 amide bonds. The van der Waals surface area contributed by atoms with Gasteiger partial charge >= 0.3 is 0 Å². The number of carbonyl (C=O) groups excluding carboxylic acids is 1. The smallest absolute Gasteiger partial charge is 0.272 e. The molecule has 1 aromatic carbocycles. The normalized spacial score (nSPS) is 10.7. The Morgan fingerprint density at radius 3 is 2.81 bits per heavy atom. The molecule has 0 aliphatic heterocycles. The molecule has 0 fully saturated rings. The molecule has 0 heterocycles. The van der Waals surface area contributed by atoms with Crippen LogP contribution in [-0.4, -0.2) is 45.7 Å². The van der Waals surface area contributed by atoms with Gasteiger partial charge in [0.15, 0.2) is 0 Å². The highest BCUT2D eigenvalue weighted by molar-refractivity contribution is 5.92. The van der Waals surface area contributed by atoms with Gasteiger partial charge in [0.25, 0.3) is 6.43 Å². The molecule has 0 bridgehead atoms. The molecule has 0 unspecified atom stereocenters. The van der Waals surface area contributed by atoms with Crippen molar-refractivity contribution in [2.75, 3.05) is 38.7 Å². The van der Waals surface area contributed by atoms with Gasteiger partial charge in [0.2, 0.25) is 5.91 Å². The Morgan fingerprint density at radius 1 is 1.38 bits per heavy atom. The van der Waals surface area contributed by atoms with Gasteiger partial charge in [-0.05, 0) is 18.6 Å². The Labute approximate surface area is 122 Å². The molecule has 0 aliphatic carbocycles. The molecule has 5 nitrogen and oxygen atoms in total. The van der Waals surface area contributed by atoms with Crippen molar-refractivity contribution in [2.45, 2.75) is 13.3 Å². The fourth-order valence-electron chi connectivity index (χ4n) is 1.57. The topological polar surface area (TPSA) is 59.6 Å². The maximum Gasteiger partial charge on any atom is 0.272 e. The summed E-state index contributed by atoms with van der Waals surface area (Å²) >= 11 is 0. The fraction of sp³-hybridized carbons (Fsp3) is 0.500. The second-order valence-electron chi connectivity index (χ2n) is 4.40. The number of aryl methyl sites for hydroxylation is 1. The lowest BCUT2D eigenvalue weighted by atomic mass is 10.2. The zero-order valence-corrected chi connectivity index (χ0v) is 12.1. The number of ether oxygens (including phenoxy) is 2. The standard InChI is InChI=1S/C14H20F2N2O3/c1-10-3-4-11(7-12(10)21-9-13(15)16)18-14(19)8-17-5-6-20-2/h3-4,7,13,17H,5-6,8-9H2,1-2H3,(H,18,19).